The van der Waals surface area contributed by atoms with Crippen molar-refractivity contribution in [2.45, 2.75) is 0 Å². The molecule has 9 heteroatoms. The van der Waals surface area contributed by atoms with Gasteiger partial charge in [-0.05, 0) is 48.5 Å². The minimum atomic E-state index is -0.530. The zero-order valence-electron chi connectivity index (χ0n) is 15.8. The molecule has 4 aromatic heterocycles. The Hall–Kier alpha value is -4.17. The van der Waals surface area contributed by atoms with Crippen LogP contribution in [0, 0.1) is 10.1 Å². The number of pyridine rings is 1. The number of nitro groups is 1. The second kappa shape index (κ2) is 7.58. The SMILES string of the molecule is O=[N+]([O-])c1cc(-c2ccc(/C=N/c3c(-c4ccco4)nc4ccccn34)o2)ccc1Cl. The minimum absolute atomic E-state index is 0.0696. The molecule has 0 aliphatic rings. The number of hydrogen-bond acceptors (Lipinski definition) is 6. The van der Waals surface area contributed by atoms with E-state index >= 15 is 0 Å². The van der Waals surface area contributed by atoms with Gasteiger partial charge in [-0.15, -0.1) is 0 Å². The quantitative estimate of drug-likeness (QED) is 0.188. The van der Waals surface area contributed by atoms with Gasteiger partial charge >= 0.3 is 0 Å². The number of fused-ring (bicyclic) bond motifs is 1. The van der Waals surface area contributed by atoms with Gasteiger partial charge in [0.15, 0.2) is 17.3 Å². The molecule has 0 radical (unpaired) electrons. The zero-order valence-corrected chi connectivity index (χ0v) is 16.6. The largest absolute Gasteiger partial charge is 0.463 e. The van der Waals surface area contributed by atoms with Gasteiger partial charge in [0.05, 0.1) is 17.4 Å². The lowest BCUT2D eigenvalue weighted by atomic mass is 10.1. The average Bonchev–Trinajstić information content (AvgIpc) is 3.51. The van der Waals surface area contributed by atoms with Gasteiger partial charge in [-0.2, -0.15) is 0 Å². The van der Waals surface area contributed by atoms with Crippen molar-refractivity contribution in [2.24, 2.45) is 4.99 Å². The van der Waals surface area contributed by atoms with Crippen LogP contribution in [0.1, 0.15) is 5.76 Å². The highest BCUT2D eigenvalue weighted by Gasteiger charge is 2.17. The van der Waals surface area contributed by atoms with Crippen molar-refractivity contribution in [3.63, 3.8) is 0 Å². The van der Waals surface area contributed by atoms with Gasteiger partial charge in [-0.1, -0.05) is 17.7 Å². The molecule has 152 valence electrons. The molecule has 0 saturated heterocycles. The Morgan fingerprint density at radius 3 is 2.81 bits per heavy atom. The van der Waals surface area contributed by atoms with E-state index < -0.39 is 4.92 Å². The molecule has 5 rings (SSSR count). The van der Waals surface area contributed by atoms with Crippen LogP contribution in [0.2, 0.25) is 5.02 Å². The van der Waals surface area contributed by atoms with Gasteiger partial charge in [0.2, 0.25) is 0 Å². The van der Waals surface area contributed by atoms with E-state index in [1.165, 1.54) is 12.1 Å². The molecule has 0 spiro atoms. The molecule has 0 aliphatic carbocycles. The molecule has 0 unspecified atom stereocenters. The number of imidazole rings is 1. The Kier molecular flexibility index (Phi) is 4.61. The maximum atomic E-state index is 11.1. The molecule has 0 aliphatic heterocycles. The van der Waals surface area contributed by atoms with Gasteiger partial charge in [0.1, 0.15) is 22.2 Å². The van der Waals surface area contributed by atoms with E-state index in [-0.39, 0.29) is 10.7 Å². The topological polar surface area (TPSA) is 99.1 Å². The normalized spacial score (nSPS) is 11.5. The van der Waals surface area contributed by atoms with Gasteiger partial charge < -0.3 is 8.83 Å². The minimum Gasteiger partial charge on any atom is -0.463 e. The number of aliphatic imine (C=N–C) groups is 1. The molecule has 0 saturated carbocycles. The highest BCUT2D eigenvalue weighted by Crippen LogP contribution is 2.33. The molecule has 0 atom stereocenters. The van der Waals surface area contributed by atoms with Crippen LogP contribution in [0.25, 0.3) is 28.4 Å². The first-order chi connectivity index (χ1) is 15.1. The van der Waals surface area contributed by atoms with Crippen molar-refractivity contribution in [1.82, 2.24) is 9.38 Å². The first kappa shape index (κ1) is 18.8. The molecular formula is C22H13ClN4O4. The van der Waals surface area contributed by atoms with Crippen LogP contribution < -0.4 is 0 Å². The van der Waals surface area contributed by atoms with Crippen molar-refractivity contribution < 1.29 is 13.8 Å². The number of hydrogen-bond donors (Lipinski definition) is 0. The summed E-state index contributed by atoms with van der Waals surface area (Å²) in [6, 6.07) is 17.2. The molecule has 8 nitrogen and oxygen atoms in total. The van der Waals surface area contributed by atoms with Crippen LogP contribution in [-0.4, -0.2) is 20.5 Å². The molecule has 0 amide bonds. The molecule has 0 bridgehead atoms. The van der Waals surface area contributed by atoms with Crippen molar-refractivity contribution in [2.75, 3.05) is 0 Å². The third-order valence-electron chi connectivity index (χ3n) is 4.63. The Bertz CT molecular complexity index is 1430. The van der Waals surface area contributed by atoms with Crippen LogP contribution in [0.3, 0.4) is 0 Å². The molecule has 31 heavy (non-hydrogen) atoms. The summed E-state index contributed by atoms with van der Waals surface area (Å²) in [5, 5.41) is 11.2. The van der Waals surface area contributed by atoms with E-state index in [1.807, 2.05) is 34.9 Å². The van der Waals surface area contributed by atoms with Crippen molar-refractivity contribution in [3.05, 3.63) is 94.0 Å². The predicted octanol–water partition coefficient (Wildman–Crippen LogP) is 6.17. The highest BCUT2D eigenvalue weighted by molar-refractivity contribution is 6.32. The van der Waals surface area contributed by atoms with Gasteiger partial charge in [-0.25, -0.2) is 9.98 Å². The fraction of sp³-hybridized carbons (Fsp3) is 0. The summed E-state index contributed by atoms with van der Waals surface area (Å²) in [6.07, 6.45) is 5.01. The summed E-state index contributed by atoms with van der Waals surface area (Å²) in [5.74, 6) is 2.13. The predicted molar refractivity (Wildman–Crippen MR) is 116 cm³/mol. The number of aromatic nitrogens is 2. The van der Waals surface area contributed by atoms with Crippen molar-refractivity contribution >= 4 is 35.0 Å². The second-order valence-electron chi connectivity index (χ2n) is 6.57. The Labute approximate surface area is 180 Å². The average molecular weight is 433 g/mol. The van der Waals surface area contributed by atoms with Crippen LogP contribution in [0.15, 0.2) is 87.0 Å². The lowest BCUT2D eigenvalue weighted by Crippen LogP contribution is -1.89. The number of halogens is 1. The molecule has 1 aromatic carbocycles. The maximum absolute atomic E-state index is 11.1. The molecule has 0 N–H and O–H groups in total. The number of nitrogens with zero attached hydrogens (tertiary/aromatic N) is 4. The Balaban J connectivity index is 1.51. The van der Waals surface area contributed by atoms with E-state index in [2.05, 4.69) is 9.98 Å². The molecule has 5 aromatic rings. The lowest BCUT2D eigenvalue weighted by Gasteiger charge is -1.99. The van der Waals surface area contributed by atoms with E-state index in [0.29, 0.717) is 34.4 Å². The van der Waals surface area contributed by atoms with E-state index in [4.69, 9.17) is 20.4 Å². The standard InChI is InChI=1S/C22H13ClN4O4/c23-16-8-6-14(12-17(16)27(28)29)18-9-7-15(31-18)13-24-22-21(19-4-3-11-30-19)25-20-5-1-2-10-26(20)22/h1-13H/b24-13+. The van der Waals surface area contributed by atoms with Crippen LogP contribution >= 0.6 is 11.6 Å². The first-order valence-electron chi connectivity index (χ1n) is 9.19. The van der Waals surface area contributed by atoms with Gasteiger partial charge in [-0.3, -0.25) is 14.5 Å². The van der Waals surface area contributed by atoms with E-state index in [0.717, 1.165) is 5.65 Å². The molecule has 4 heterocycles. The highest BCUT2D eigenvalue weighted by atomic mass is 35.5. The maximum Gasteiger partial charge on any atom is 0.288 e. The van der Waals surface area contributed by atoms with Crippen molar-refractivity contribution in [3.8, 4) is 22.8 Å². The number of benzene rings is 1. The summed E-state index contributed by atoms with van der Waals surface area (Å²) < 4.78 is 13.2. The van der Waals surface area contributed by atoms with E-state index in [9.17, 15) is 10.1 Å². The number of furan rings is 2. The Morgan fingerprint density at radius 2 is 2.00 bits per heavy atom. The second-order valence-corrected chi connectivity index (χ2v) is 6.98. The monoisotopic (exact) mass is 432 g/mol. The third kappa shape index (κ3) is 3.49. The zero-order chi connectivity index (χ0) is 21.4. The summed E-state index contributed by atoms with van der Waals surface area (Å²) in [7, 11) is 0. The van der Waals surface area contributed by atoms with Crippen LogP contribution in [-0.2, 0) is 0 Å². The van der Waals surface area contributed by atoms with Gasteiger partial charge in [0.25, 0.3) is 5.69 Å². The van der Waals surface area contributed by atoms with Crippen LogP contribution in [0.5, 0.6) is 0 Å². The molecule has 0 fully saturated rings. The van der Waals surface area contributed by atoms with Crippen molar-refractivity contribution in [1.29, 1.82) is 0 Å². The third-order valence-corrected chi connectivity index (χ3v) is 4.95. The van der Waals surface area contributed by atoms with Crippen LogP contribution in [0.4, 0.5) is 11.5 Å². The fourth-order valence-corrected chi connectivity index (χ4v) is 3.38. The first-order valence-corrected chi connectivity index (χ1v) is 9.57. The smallest absolute Gasteiger partial charge is 0.288 e. The number of rotatable bonds is 5. The van der Waals surface area contributed by atoms with Gasteiger partial charge in [0, 0.05) is 17.8 Å². The Morgan fingerprint density at radius 1 is 1.10 bits per heavy atom. The summed E-state index contributed by atoms with van der Waals surface area (Å²) in [4.78, 5) is 19.8. The fourth-order valence-electron chi connectivity index (χ4n) is 3.19. The number of nitro benzene ring substituents is 1. The summed E-state index contributed by atoms with van der Waals surface area (Å²) in [5.41, 5.74) is 1.70. The molecular weight excluding hydrogens is 420 g/mol. The van der Waals surface area contributed by atoms with E-state index in [1.54, 1.807) is 36.7 Å². The lowest BCUT2D eigenvalue weighted by molar-refractivity contribution is -0.384. The summed E-state index contributed by atoms with van der Waals surface area (Å²) in [6.45, 7) is 0. The summed E-state index contributed by atoms with van der Waals surface area (Å²) >= 11 is 5.89.